The first-order valence-electron chi connectivity index (χ1n) is 11.1. The summed E-state index contributed by atoms with van der Waals surface area (Å²) in [6.45, 7) is 0.518. The van der Waals surface area contributed by atoms with Crippen LogP contribution in [0.4, 0.5) is 4.39 Å². The zero-order valence-corrected chi connectivity index (χ0v) is 18.4. The highest BCUT2D eigenvalue weighted by molar-refractivity contribution is 5.94. The number of fused-ring (bicyclic) bond motifs is 1. The van der Waals surface area contributed by atoms with Crippen LogP contribution < -0.4 is 10.1 Å². The van der Waals surface area contributed by atoms with E-state index in [0.717, 1.165) is 16.3 Å². The van der Waals surface area contributed by atoms with E-state index in [1.165, 1.54) is 12.1 Å². The second-order valence-electron chi connectivity index (χ2n) is 7.77. The number of carbonyl (C=O) groups excluding carboxylic acids is 1. The van der Waals surface area contributed by atoms with Crippen molar-refractivity contribution in [3.63, 3.8) is 0 Å². The summed E-state index contributed by atoms with van der Waals surface area (Å²) < 4.78 is 19.1. The zero-order valence-electron chi connectivity index (χ0n) is 18.4. The number of hydrogen-bond acceptors (Lipinski definition) is 3. The Hall–Kier alpha value is -3.67. The Morgan fingerprint density at radius 2 is 1.73 bits per heavy atom. The number of halogens is 1. The Morgan fingerprint density at radius 3 is 2.52 bits per heavy atom. The number of carboxylic acids is 1. The largest absolute Gasteiger partial charge is 0.488 e. The standard InChI is InChI=1S/C27H28FNO4/c28-23-15-13-20(14-16-23)17-18-29-27(32)22(8-2-1-3-12-26(30)31)19-33-25-11-6-9-21-7-4-5-10-24(21)25/h4-11,13-16H,1-3,12,17-19H2,(H,29,32)(H,30,31)/b22-8+. The Bertz CT molecular complexity index is 1100. The van der Waals surface area contributed by atoms with Gasteiger partial charge in [0.2, 0.25) is 5.91 Å². The summed E-state index contributed by atoms with van der Waals surface area (Å²) in [5.41, 5.74) is 1.43. The lowest BCUT2D eigenvalue weighted by Crippen LogP contribution is -2.29. The Labute approximate surface area is 192 Å². The van der Waals surface area contributed by atoms with Gasteiger partial charge in [0.15, 0.2) is 0 Å². The number of rotatable bonds is 12. The molecule has 0 aliphatic rings. The van der Waals surface area contributed by atoms with Gasteiger partial charge >= 0.3 is 5.97 Å². The van der Waals surface area contributed by atoms with Crippen molar-refractivity contribution in [3.8, 4) is 5.75 Å². The molecule has 0 bridgehead atoms. The first kappa shape index (κ1) is 24.0. The summed E-state index contributed by atoms with van der Waals surface area (Å²) in [5.74, 6) is -0.641. The van der Waals surface area contributed by atoms with Crippen molar-refractivity contribution in [2.24, 2.45) is 0 Å². The molecule has 0 aliphatic heterocycles. The van der Waals surface area contributed by atoms with Gasteiger partial charge in [0.1, 0.15) is 18.2 Å². The van der Waals surface area contributed by atoms with Crippen molar-refractivity contribution in [2.75, 3.05) is 13.2 Å². The number of benzene rings is 3. The fourth-order valence-corrected chi connectivity index (χ4v) is 3.48. The van der Waals surface area contributed by atoms with Gasteiger partial charge in [-0.3, -0.25) is 9.59 Å². The van der Waals surface area contributed by atoms with Gasteiger partial charge in [-0.2, -0.15) is 0 Å². The number of hydrogen-bond donors (Lipinski definition) is 2. The third-order valence-electron chi connectivity index (χ3n) is 5.27. The number of allylic oxidation sites excluding steroid dienone is 1. The van der Waals surface area contributed by atoms with Gasteiger partial charge in [-0.25, -0.2) is 4.39 Å². The molecule has 3 aromatic carbocycles. The maximum Gasteiger partial charge on any atom is 0.303 e. The van der Waals surface area contributed by atoms with Crippen molar-refractivity contribution in [1.29, 1.82) is 0 Å². The Kier molecular flexibility index (Phi) is 9.00. The molecule has 0 heterocycles. The van der Waals surface area contributed by atoms with E-state index in [9.17, 15) is 14.0 Å². The van der Waals surface area contributed by atoms with Crippen LogP contribution in [0.15, 0.2) is 78.4 Å². The number of carbonyl (C=O) groups is 2. The number of nitrogens with one attached hydrogen (secondary N) is 1. The van der Waals surface area contributed by atoms with E-state index in [-0.39, 0.29) is 24.8 Å². The average molecular weight is 450 g/mol. The lowest BCUT2D eigenvalue weighted by atomic mass is 10.1. The van der Waals surface area contributed by atoms with Gasteiger partial charge in [0.25, 0.3) is 0 Å². The summed E-state index contributed by atoms with van der Waals surface area (Å²) in [6, 6.07) is 19.9. The highest BCUT2D eigenvalue weighted by atomic mass is 19.1. The molecule has 6 heteroatoms. The third kappa shape index (κ3) is 7.75. The van der Waals surface area contributed by atoms with Gasteiger partial charge in [-0.05, 0) is 54.8 Å². The lowest BCUT2D eigenvalue weighted by molar-refractivity contribution is -0.137. The SMILES string of the molecule is O=C(O)CCCC/C=C(\COc1cccc2ccccc12)C(=O)NCCc1ccc(F)cc1. The lowest BCUT2D eigenvalue weighted by Gasteiger charge is -2.13. The summed E-state index contributed by atoms with van der Waals surface area (Å²) >= 11 is 0. The van der Waals surface area contributed by atoms with Crippen molar-refractivity contribution in [1.82, 2.24) is 5.32 Å². The van der Waals surface area contributed by atoms with Crippen molar-refractivity contribution < 1.29 is 23.8 Å². The summed E-state index contributed by atoms with van der Waals surface area (Å²) in [6.07, 6.45) is 4.33. The zero-order chi connectivity index (χ0) is 23.5. The molecule has 0 unspecified atom stereocenters. The molecule has 0 fully saturated rings. The van der Waals surface area contributed by atoms with E-state index in [1.54, 1.807) is 12.1 Å². The molecule has 3 rings (SSSR count). The molecule has 172 valence electrons. The molecular weight excluding hydrogens is 421 g/mol. The van der Waals surface area contributed by atoms with Crippen LogP contribution >= 0.6 is 0 Å². The average Bonchev–Trinajstić information content (AvgIpc) is 2.81. The maximum atomic E-state index is 13.1. The third-order valence-corrected chi connectivity index (χ3v) is 5.27. The fourth-order valence-electron chi connectivity index (χ4n) is 3.48. The van der Waals surface area contributed by atoms with Crippen LogP contribution in [0.2, 0.25) is 0 Å². The number of aliphatic carboxylic acids is 1. The van der Waals surface area contributed by atoms with Crippen LogP contribution in [0.5, 0.6) is 5.75 Å². The normalized spacial score (nSPS) is 11.4. The van der Waals surface area contributed by atoms with E-state index in [1.807, 2.05) is 48.5 Å². The van der Waals surface area contributed by atoms with E-state index >= 15 is 0 Å². The minimum atomic E-state index is -0.822. The smallest absolute Gasteiger partial charge is 0.303 e. The van der Waals surface area contributed by atoms with Crippen LogP contribution in [-0.4, -0.2) is 30.1 Å². The molecule has 2 N–H and O–H groups in total. The van der Waals surface area contributed by atoms with E-state index in [4.69, 9.17) is 9.84 Å². The molecule has 0 aromatic heterocycles. The molecule has 3 aromatic rings. The predicted octanol–water partition coefficient (Wildman–Crippen LogP) is 5.29. The molecule has 0 radical (unpaired) electrons. The number of unbranched alkanes of at least 4 members (excludes halogenated alkanes) is 2. The van der Waals surface area contributed by atoms with Crippen LogP contribution in [0.3, 0.4) is 0 Å². The van der Waals surface area contributed by atoms with Crippen LogP contribution in [0.25, 0.3) is 10.8 Å². The van der Waals surface area contributed by atoms with Gasteiger partial charge in [-0.15, -0.1) is 0 Å². The molecule has 0 saturated heterocycles. The maximum absolute atomic E-state index is 13.1. The first-order valence-corrected chi connectivity index (χ1v) is 11.1. The van der Waals surface area contributed by atoms with Crippen molar-refractivity contribution in [2.45, 2.75) is 32.1 Å². The highest BCUT2D eigenvalue weighted by Crippen LogP contribution is 2.25. The van der Waals surface area contributed by atoms with Crippen molar-refractivity contribution >= 4 is 22.6 Å². The second-order valence-corrected chi connectivity index (χ2v) is 7.77. The fraction of sp³-hybridized carbons (Fsp3) is 0.259. The van der Waals surface area contributed by atoms with E-state index in [2.05, 4.69) is 5.32 Å². The van der Waals surface area contributed by atoms with Crippen LogP contribution in [-0.2, 0) is 16.0 Å². The highest BCUT2D eigenvalue weighted by Gasteiger charge is 2.11. The molecular formula is C27H28FNO4. The summed E-state index contributed by atoms with van der Waals surface area (Å²) in [7, 11) is 0. The van der Waals surface area contributed by atoms with E-state index in [0.29, 0.717) is 43.6 Å². The van der Waals surface area contributed by atoms with Crippen LogP contribution in [0.1, 0.15) is 31.2 Å². The van der Waals surface area contributed by atoms with Crippen LogP contribution in [0, 0.1) is 5.82 Å². The van der Waals surface area contributed by atoms with Gasteiger partial charge in [-0.1, -0.05) is 54.6 Å². The molecule has 0 saturated carbocycles. The second kappa shape index (κ2) is 12.4. The molecule has 0 atom stereocenters. The summed E-state index contributed by atoms with van der Waals surface area (Å²) in [5, 5.41) is 13.7. The summed E-state index contributed by atoms with van der Waals surface area (Å²) in [4.78, 5) is 23.5. The van der Waals surface area contributed by atoms with E-state index < -0.39 is 5.97 Å². The topological polar surface area (TPSA) is 75.6 Å². The van der Waals surface area contributed by atoms with Crippen molar-refractivity contribution in [3.05, 3.63) is 89.8 Å². The number of amides is 1. The minimum absolute atomic E-state index is 0.106. The molecule has 1 amide bonds. The van der Waals surface area contributed by atoms with Gasteiger partial charge in [0.05, 0.1) is 5.57 Å². The minimum Gasteiger partial charge on any atom is -0.488 e. The predicted molar refractivity (Wildman–Crippen MR) is 127 cm³/mol. The first-order chi connectivity index (χ1) is 16.0. The monoisotopic (exact) mass is 449 g/mol. The quantitative estimate of drug-likeness (QED) is 0.291. The molecule has 5 nitrogen and oxygen atoms in total. The number of carboxylic acid groups (broad SMARTS) is 1. The molecule has 0 spiro atoms. The Morgan fingerprint density at radius 1 is 0.970 bits per heavy atom. The van der Waals surface area contributed by atoms with Gasteiger partial charge < -0.3 is 15.2 Å². The molecule has 0 aliphatic carbocycles. The Balaban J connectivity index is 1.62. The number of ether oxygens (including phenoxy) is 1. The molecule has 33 heavy (non-hydrogen) atoms. The van der Waals surface area contributed by atoms with Gasteiger partial charge in [0, 0.05) is 18.4 Å².